The summed E-state index contributed by atoms with van der Waals surface area (Å²) < 4.78 is 0. The third kappa shape index (κ3) is 1.30. The van der Waals surface area contributed by atoms with Crippen molar-refractivity contribution in [1.82, 2.24) is 4.98 Å². The number of nitrogens with zero attached hydrogens (tertiary/aromatic N) is 1. The minimum atomic E-state index is 0.843. The van der Waals surface area contributed by atoms with Gasteiger partial charge in [-0.1, -0.05) is 5.92 Å². The second kappa shape index (κ2) is 2.32. The summed E-state index contributed by atoms with van der Waals surface area (Å²) in [6, 6.07) is 1.92. The Morgan fingerprint density at radius 2 is 2.33 bits per heavy atom. The molecule has 44 valence electrons. The molecule has 1 nitrogen and oxygen atoms in total. The van der Waals surface area contributed by atoms with Gasteiger partial charge in [-0.2, -0.15) is 0 Å². The van der Waals surface area contributed by atoms with Crippen LogP contribution in [0.2, 0.25) is 0 Å². The highest BCUT2D eigenvalue weighted by Crippen LogP contribution is 1.97. The van der Waals surface area contributed by atoms with Gasteiger partial charge in [0, 0.05) is 18.0 Å². The monoisotopic (exact) mass is 117 g/mol. The molecule has 0 atom stereocenters. The molecule has 0 aliphatic heterocycles. The van der Waals surface area contributed by atoms with Crippen LogP contribution in [0.1, 0.15) is 11.1 Å². The Labute approximate surface area is 54.7 Å². The second-order valence-corrected chi connectivity index (χ2v) is 1.90. The van der Waals surface area contributed by atoms with Crippen molar-refractivity contribution in [3.63, 3.8) is 0 Å². The van der Waals surface area contributed by atoms with Gasteiger partial charge in [-0.15, -0.1) is 6.42 Å². The van der Waals surface area contributed by atoms with E-state index in [0.29, 0.717) is 0 Å². The van der Waals surface area contributed by atoms with Crippen molar-refractivity contribution in [3.8, 4) is 12.3 Å². The molecule has 0 spiro atoms. The quantitative estimate of drug-likeness (QED) is 0.468. The first kappa shape index (κ1) is 5.84. The molecule has 0 saturated carbocycles. The van der Waals surface area contributed by atoms with Gasteiger partial charge in [-0.25, -0.2) is 0 Å². The van der Waals surface area contributed by atoms with E-state index in [-0.39, 0.29) is 0 Å². The fourth-order valence-electron chi connectivity index (χ4n) is 0.634. The minimum absolute atomic E-state index is 0.843. The Bertz CT molecular complexity index is 245. The van der Waals surface area contributed by atoms with E-state index < -0.39 is 0 Å². The SMILES string of the molecule is C#Cc1cncc(C)c1. The first-order chi connectivity index (χ1) is 4.33. The zero-order chi connectivity index (χ0) is 6.69. The highest BCUT2D eigenvalue weighted by Gasteiger charge is 1.85. The van der Waals surface area contributed by atoms with Crippen molar-refractivity contribution in [2.75, 3.05) is 0 Å². The van der Waals surface area contributed by atoms with Gasteiger partial charge < -0.3 is 0 Å². The fourth-order valence-corrected chi connectivity index (χ4v) is 0.634. The largest absolute Gasteiger partial charge is 0.263 e. The molecule has 0 saturated heterocycles. The van der Waals surface area contributed by atoms with Gasteiger partial charge in [-0.3, -0.25) is 4.98 Å². The lowest BCUT2D eigenvalue weighted by molar-refractivity contribution is 1.26. The number of rotatable bonds is 0. The summed E-state index contributed by atoms with van der Waals surface area (Å²) in [4.78, 5) is 3.91. The Balaban J connectivity index is 3.12. The van der Waals surface area contributed by atoms with Gasteiger partial charge in [-0.05, 0) is 18.6 Å². The summed E-state index contributed by atoms with van der Waals surface area (Å²) in [6.45, 7) is 1.97. The van der Waals surface area contributed by atoms with Crippen LogP contribution in [0.3, 0.4) is 0 Å². The molecule has 0 amide bonds. The fraction of sp³-hybridized carbons (Fsp3) is 0.125. The normalized spacial score (nSPS) is 8.44. The lowest BCUT2D eigenvalue weighted by Gasteiger charge is -1.89. The average molecular weight is 117 g/mol. The first-order valence-electron chi connectivity index (χ1n) is 2.71. The van der Waals surface area contributed by atoms with Gasteiger partial charge in [0.05, 0.1) is 0 Å². The van der Waals surface area contributed by atoms with E-state index in [1.165, 1.54) is 0 Å². The van der Waals surface area contributed by atoms with Crippen LogP contribution in [0.25, 0.3) is 0 Å². The minimum Gasteiger partial charge on any atom is -0.263 e. The standard InChI is InChI=1S/C8H7N/c1-3-8-4-7(2)5-9-6-8/h1,4-6H,2H3. The van der Waals surface area contributed by atoms with E-state index in [9.17, 15) is 0 Å². The van der Waals surface area contributed by atoms with Crippen LogP contribution in [0.5, 0.6) is 0 Å². The molecule has 1 rings (SSSR count). The molecule has 0 aliphatic rings. The molecule has 0 fully saturated rings. The Morgan fingerprint density at radius 1 is 1.56 bits per heavy atom. The van der Waals surface area contributed by atoms with E-state index in [1.54, 1.807) is 12.4 Å². The summed E-state index contributed by atoms with van der Waals surface area (Å²) >= 11 is 0. The second-order valence-electron chi connectivity index (χ2n) is 1.90. The number of aryl methyl sites for hydroxylation is 1. The predicted molar refractivity (Wildman–Crippen MR) is 36.9 cm³/mol. The number of hydrogen-bond donors (Lipinski definition) is 0. The van der Waals surface area contributed by atoms with Gasteiger partial charge in [0.1, 0.15) is 0 Å². The zero-order valence-corrected chi connectivity index (χ0v) is 5.26. The number of hydrogen-bond acceptors (Lipinski definition) is 1. The van der Waals surface area contributed by atoms with Crippen molar-refractivity contribution in [2.24, 2.45) is 0 Å². The molecule has 0 bridgehead atoms. The van der Waals surface area contributed by atoms with E-state index in [1.807, 2.05) is 13.0 Å². The summed E-state index contributed by atoms with van der Waals surface area (Å²) in [6.07, 6.45) is 8.58. The van der Waals surface area contributed by atoms with Gasteiger partial charge in [0.2, 0.25) is 0 Å². The first-order valence-corrected chi connectivity index (χ1v) is 2.71. The van der Waals surface area contributed by atoms with E-state index in [0.717, 1.165) is 11.1 Å². The average Bonchev–Trinajstić information content (AvgIpc) is 1.88. The Kier molecular flexibility index (Phi) is 1.51. The third-order valence-corrected chi connectivity index (χ3v) is 1.04. The molecule has 0 aromatic carbocycles. The van der Waals surface area contributed by atoms with Crippen LogP contribution in [0, 0.1) is 19.3 Å². The summed E-state index contributed by atoms with van der Waals surface area (Å²) in [7, 11) is 0. The van der Waals surface area contributed by atoms with E-state index >= 15 is 0 Å². The molecule has 1 aromatic heterocycles. The topological polar surface area (TPSA) is 12.9 Å². The molecule has 1 heteroatoms. The number of aromatic nitrogens is 1. The lowest BCUT2D eigenvalue weighted by atomic mass is 10.2. The van der Waals surface area contributed by atoms with Crippen LogP contribution < -0.4 is 0 Å². The van der Waals surface area contributed by atoms with Crippen LogP contribution >= 0.6 is 0 Å². The van der Waals surface area contributed by atoms with Crippen molar-refractivity contribution in [3.05, 3.63) is 29.6 Å². The number of terminal acetylenes is 1. The van der Waals surface area contributed by atoms with E-state index in [2.05, 4.69) is 10.9 Å². The molecule has 0 N–H and O–H groups in total. The highest BCUT2D eigenvalue weighted by atomic mass is 14.6. The maximum Gasteiger partial charge on any atom is 0.0428 e. The maximum atomic E-state index is 5.13. The van der Waals surface area contributed by atoms with Crippen molar-refractivity contribution >= 4 is 0 Å². The summed E-state index contributed by atoms with van der Waals surface area (Å²) in [5.41, 5.74) is 1.94. The molecular weight excluding hydrogens is 110 g/mol. The Hall–Kier alpha value is -1.29. The molecule has 0 radical (unpaired) electrons. The summed E-state index contributed by atoms with van der Waals surface area (Å²) in [5, 5.41) is 0. The van der Waals surface area contributed by atoms with Crippen molar-refractivity contribution < 1.29 is 0 Å². The van der Waals surface area contributed by atoms with Gasteiger partial charge in [0.15, 0.2) is 0 Å². The number of pyridine rings is 1. The zero-order valence-electron chi connectivity index (χ0n) is 5.26. The predicted octanol–water partition coefficient (Wildman–Crippen LogP) is 1.37. The van der Waals surface area contributed by atoms with Gasteiger partial charge >= 0.3 is 0 Å². The highest BCUT2D eigenvalue weighted by molar-refractivity contribution is 5.31. The summed E-state index contributed by atoms with van der Waals surface area (Å²) in [5.74, 6) is 2.51. The molecular formula is C8H7N. The van der Waals surface area contributed by atoms with Crippen LogP contribution in [-0.2, 0) is 0 Å². The maximum absolute atomic E-state index is 5.13. The third-order valence-electron chi connectivity index (χ3n) is 1.04. The van der Waals surface area contributed by atoms with E-state index in [4.69, 9.17) is 6.42 Å². The van der Waals surface area contributed by atoms with Crippen molar-refractivity contribution in [1.29, 1.82) is 0 Å². The van der Waals surface area contributed by atoms with Crippen LogP contribution in [-0.4, -0.2) is 4.98 Å². The van der Waals surface area contributed by atoms with Crippen LogP contribution in [0.4, 0.5) is 0 Å². The van der Waals surface area contributed by atoms with Gasteiger partial charge in [0.25, 0.3) is 0 Å². The van der Waals surface area contributed by atoms with Crippen LogP contribution in [0.15, 0.2) is 18.5 Å². The van der Waals surface area contributed by atoms with Crippen molar-refractivity contribution in [2.45, 2.75) is 6.92 Å². The molecule has 1 heterocycles. The molecule has 0 unspecified atom stereocenters. The smallest absolute Gasteiger partial charge is 0.0428 e. The molecule has 1 aromatic rings. The lowest BCUT2D eigenvalue weighted by Crippen LogP contribution is -1.78. The molecule has 0 aliphatic carbocycles. The molecule has 9 heavy (non-hydrogen) atoms. The Morgan fingerprint density at radius 3 is 2.78 bits per heavy atom.